The van der Waals surface area contributed by atoms with Crippen molar-refractivity contribution >= 4 is 17.3 Å². The van der Waals surface area contributed by atoms with Crippen molar-refractivity contribution in [3.8, 4) is 0 Å². The standard InChI is InChI=1S/C11H14N6/c12-8-1-2-9(15-11(8)13)17-6-5-16-4-3-14-10(16)7-17/h1-4H,5-7,12H2,(H2,13,15). The molecular weight excluding hydrogens is 216 g/mol. The fourth-order valence-electron chi connectivity index (χ4n) is 2.02. The molecule has 0 aromatic carbocycles. The molecule has 6 nitrogen and oxygen atoms in total. The van der Waals surface area contributed by atoms with Gasteiger partial charge in [0.25, 0.3) is 0 Å². The topological polar surface area (TPSA) is 86.0 Å². The zero-order valence-corrected chi connectivity index (χ0v) is 9.37. The van der Waals surface area contributed by atoms with Crippen molar-refractivity contribution in [1.82, 2.24) is 14.5 Å². The highest BCUT2D eigenvalue weighted by Crippen LogP contribution is 2.21. The number of hydrogen-bond acceptors (Lipinski definition) is 5. The summed E-state index contributed by atoms with van der Waals surface area (Å²) in [6.45, 7) is 2.57. The van der Waals surface area contributed by atoms with Crippen LogP contribution >= 0.6 is 0 Å². The van der Waals surface area contributed by atoms with Gasteiger partial charge in [-0.05, 0) is 12.1 Å². The smallest absolute Gasteiger partial charge is 0.149 e. The Hall–Kier alpha value is -2.24. The summed E-state index contributed by atoms with van der Waals surface area (Å²) < 4.78 is 2.15. The minimum atomic E-state index is 0.386. The SMILES string of the molecule is Nc1ccc(N2CCn3ccnc3C2)nc1N. The molecule has 3 heterocycles. The van der Waals surface area contributed by atoms with Gasteiger partial charge in [0.05, 0.1) is 12.2 Å². The van der Waals surface area contributed by atoms with E-state index in [-0.39, 0.29) is 0 Å². The van der Waals surface area contributed by atoms with E-state index in [0.717, 1.165) is 31.3 Å². The third kappa shape index (κ3) is 1.67. The lowest BCUT2D eigenvalue weighted by molar-refractivity contribution is 0.556. The Labute approximate surface area is 98.9 Å². The van der Waals surface area contributed by atoms with Crippen molar-refractivity contribution in [1.29, 1.82) is 0 Å². The van der Waals surface area contributed by atoms with E-state index in [9.17, 15) is 0 Å². The highest BCUT2D eigenvalue weighted by Gasteiger charge is 2.18. The molecule has 1 aliphatic heterocycles. The Kier molecular flexibility index (Phi) is 2.14. The van der Waals surface area contributed by atoms with E-state index in [4.69, 9.17) is 11.5 Å². The van der Waals surface area contributed by atoms with Gasteiger partial charge in [-0.2, -0.15) is 0 Å². The first kappa shape index (κ1) is 9.95. The van der Waals surface area contributed by atoms with Crippen molar-refractivity contribution in [3.63, 3.8) is 0 Å². The van der Waals surface area contributed by atoms with E-state index in [1.54, 1.807) is 6.07 Å². The Morgan fingerprint density at radius 1 is 1.18 bits per heavy atom. The highest BCUT2D eigenvalue weighted by molar-refractivity contribution is 5.62. The predicted octanol–water partition coefficient (Wildman–Crippen LogP) is 0.463. The van der Waals surface area contributed by atoms with Crippen LogP contribution in [0, 0.1) is 0 Å². The number of nitrogens with zero attached hydrogens (tertiary/aromatic N) is 4. The predicted molar refractivity (Wildman–Crippen MR) is 66.3 cm³/mol. The second-order valence-electron chi connectivity index (χ2n) is 4.10. The van der Waals surface area contributed by atoms with Crippen LogP contribution in [0.2, 0.25) is 0 Å². The van der Waals surface area contributed by atoms with Crippen molar-refractivity contribution in [2.45, 2.75) is 13.1 Å². The Morgan fingerprint density at radius 3 is 2.88 bits per heavy atom. The van der Waals surface area contributed by atoms with Crippen LogP contribution in [0.1, 0.15) is 5.82 Å². The number of aromatic nitrogens is 3. The molecule has 2 aromatic rings. The number of imidazole rings is 1. The van der Waals surface area contributed by atoms with Gasteiger partial charge >= 0.3 is 0 Å². The second-order valence-corrected chi connectivity index (χ2v) is 4.10. The van der Waals surface area contributed by atoms with E-state index in [2.05, 4.69) is 19.4 Å². The lowest BCUT2D eigenvalue weighted by Crippen LogP contribution is -2.34. The molecule has 0 saturated heterocycles. The fraction of sp³-hybridized carbons (Fsp3) is 0.273. The van der Waals surface area contributed by atoms with Gasteiger partial charge < -0.3 is 20.9 Å². The van der Waals surface area contributed by atoms with Crippen molar-refractivity contribution in [3.05, 3.63) is 30.4 Å². The van der Waals surface area contributed by atoms with Crippen LogP contribution < -0.4 is 16.4 Å². The molecule has 0 spiro atoms. The van der Waals surface area contributed by atoms with Gasteiger partial charge in [0.2, 0.25) is 0 Å². The van der Waals surface area contributed by atoms with Gasteiger partial charge in [0.15, 0.2) is 0 Å². The number of fused-ring (bicyclic) bond motifs is 1. The molecular formula is C11H14N6. The van der Waals surface area contributed by atoms with Crippen LogP contribution in [0.15, 0.2) is 24.5 Å². The molecule has 3 rings (SSSR count). The van der Waals surface area contributed by atoms with E-state index >= 15 is 0 Å². The van der Waals surface area contributed by atoms with Crippen LogP contribution in [0.5, 0.6) is 0 Å². The fourth-order valence-corrected chi connectivity index (χ4v) is 2.02. The molecule has 88 valence electrons. The maximum Gasteiger partial charge on any atom is 0.149 e. The first-order chi connectivity index (χ1) is 8.24. The third-order valence-corrected chi connectivity index (χ3v) is 3.01. The molecule has 6 heteroatoms. The first-order valence-corrected chi connectivity index (χ1v) is 5.51. The van der Waals surface area contributed by atoms with Crippen LogP contribution in [0.3, 0.4) is 0 Å². The molecule has 0 radical (unpaired) electrons. The van der Waals surface area contributed by atoms with Crippen molar-refractivity contribution in [2.24, 2.45) is 0 Å². The van der Waals surface area contributed by atoms with Crippen LogP contribution in [-0.2, 0) is 13.1 Å². The molecule has 0 amide bonds. The first-order valence-electron chi connectivity index (χ1n) is 5.51. The van der Waals surface area contributed by atoms with Gasteiger partial charge in [-0.15, -0.1) is 0 Å². The lowest BCUT2D eigenvalue weighted by atomic mass is 10.3. The monoisotopic (exact) mass is 230 g/mol. The maximum atomic E-state index is 5.72. The van der Waals surface area contributed by atoms with Crippen molar-refractivity contribution in [2.75, 3.05) is 22.9 Å². The summed E-state index contributed by atoms with van der Waals surface area (Å²) in [5.41, 5.74) is 11.9. The van der Waals surface area contributed by atoms with Gasteiger partial charge in [0, 0.05) is 25.5 Å². The zero-order chi connectivity index (χ0) is 11.8. The number of hydrogen-bond donors (Lipinski definition) is 2. The Balaban J connectivity index is 1.89. The average molecular weight is 230 g/mol. The molecule has 2 aromatic heterocycles. The largest absolute Gasteiger partial charge is 0.396 e. The number of nitrogen functional groups attached to an aromatic ring is 2. The Morgan fingerprint density at radius 2 is 2.06 bits per heavy atom. The molecule has 4 N–H and O–H groups in total. The van der Waals surface area contributed by atoms with E-state index in [1.807, 2.05) is 18.5 Å². The summed E-state index contributed by atoms with van der Waals surface area (Å²) in [4.78, 5) is 10.8. The summed E-state index contributed by atoms with van der Waals surface area (Å²) in [5, 5.41) is 0. The minimum absolute atomic E-state index is 0.386. The molecule has 0 fully saturated rings. The summed E-state index contributed by atoms with van der Waals surface area (Å²) in [6, 6.07) is 3.68. The second kappa shape index (κ2) is 3.65. The molecule has 0 unspecified atom stereocenters. The maximum absolute atomic E-state index is 5.72. The number of nitrogens with two attached hydrogens (primary N) is 2. The molecule has 17 heavy (non-hydrogen) atoms. The summed E-state index contributed by atoms with van der Waals surface area (Å²) in [7, 11) is 0. The van der Waals surface area contributed by atoms with Crippen LogP contribution in [0.4, 0.5) is 17.3 Å². The normalized spacial score (nSPS) is 14.7. The quantitative estimate of drug-likeness (QED) is 0.743. The highest BCUT2D eigenvalue weighted by atomic mass is 15.3. The van der Waals surface area contributed by atoms with Crippen LogP contribution in [0.25, 0.3) is 0 Å². The molecule has 0 saturated carbocycles. The van der Waals surface area contributed by atoms with Crippen molar-refractivity contribution < 1.29 is 0 Å². The Bertz CT molecular complexity index is 547. The number of pyridine rings is 1. The molecule has 0 atom stereocenters. The number of rotatable bonds is 1. The van der Waals surface area contributed by atoms with Gasteiger partial charge in [-0.1, -0.05) is 0 Å². The number of anilines is 3. The summed E-state index contributed by atoms with van der Waals surface area (Å²) in [6.07, 6.45) is 3.82. The van der Waals surface area contributed by atoms with E-state index in [0.29, 0.717) is 11.5 Å². The molecule has 1 aliphatic rings. The van der Waals surface area contributed by atoms with Gasteiger partial charge in [-0.25, -0.2) is 9.97 Å². The zero-order valence-electron chi connectivity index (χ0n) is 9.37. The van der Waals surface area contributed by atoms with E-state index in [1.165, 1.54) is 0 Å². The van der Waals surface area contributed by atoms with Gasteiger partial charge in [-0.3, -0.25) is 0 Å². The average Bonchev–Trinajstić information content (AvgIpc) is 2.79. The minimum Gasteiger partial charge on any atom is -0.396 e. The third-order valence-electron chi connectivity index (χ3n) is 3.01. The lowest BCUT2D eigenvalue weighted by Gasteiger charge is -2.28. The molecule has 0 bridgehead atoms. The molecule has 0 aliphatic carbocycles. The summed E-state index contributed by atoms with van der Waals surface area (Å²) in [5.74, 6) is 2.29. The summed E-state index contributed by atoms with van der Waals surface area (Å²) >= 11 is 0. The van der Waals surface area contributed by atoms with Crippen LogP contribution in [-0.4, -0.2) is 21.1 Å². The van der Waals surface area contributed by atoms with E-state index < -0.39 is 0 Å². The van der Waals surface area contributed by atoms with Gasteiger partial charge in [0.1, 0.15) is 17.5 Å².